The lowest BCUT2D eigenvalue weighted by molar-refractivity contribution is 0.0933. The highest BCUT2D eigenvalue weighted by atomic mass is 32.2. The molecule has 0 unspecified atom stereocenters. The van der Waals surface area contributed by atoms with Crippen molar-refractivity contribution in [2.24, 2.45) is 4.99 Å². The van der Waals surface area contributed by atoms with Crippen molar-refractivity contribution < 1.29 is 22.7 Å². The SMILES string of the molecule is C#CCn1c(=NC(=O)c2ccc(S(=O)(=O)N3CCN(C(=O)OCC)CC3)cc2)sc2cc(C)c(C)cc21. The number of carbonyl (C=O) groups excluding carboxylic acids is 2. The number of terminal acetylenes is 1. The van der Waals surface area contributed by atoms with E-state index in [1.165, 1.54) is 44.8 Å². The molecule has 3 aromatic rings. The van der Waals surface area contributed by atoms with Crippen LogP contribution in [-0.4, -0.2) is 67.0 Å². The van der Waals surface area contributed by atoms with E-state index in [1.807, 2.05) is 24.5 Å². The van der Waals surface area contributed by atoms with Crippen LogP contribution in [0.3, 0.4) is 0 Å². The lowest BCUT2D eigenvalue weighted by Crippen LogP contribution is -2.50. The highest BCUT2D eigenvalue weighted by Gasteiger charge is 2.30. The number of rotatable bonds is 5. The summed E-state index contributed by atoms with van der Waals surface area (Å²) in [6.45, 7) is 7.13. The first-order chi connectivity index (χ1) is 17.6. The normalized spacial score (nSPS) is 15.1. The Bertz CT molecular complexity index is 1560. The summed E-state index contributed by atoms with van der Waals surface area (Å²) in [6.07, 6.45) is 5.12. The predicted octanol–water partition coefficient (Wildman–Crippen LogP) is 3.16. The van der Waals surface area contributed by atoms with Gasteiger partial charge in [-0.2, -0.15) is 9.30 Å². The summed E-state index contributed by atoms with van der Waals surface area (Å²) in [6, 6.07) is 9.82. The fourth-order valence-electron chi connectivity index (χ4n) is 4.05. The molecular weight excluding hydrogens is 512 g/mol. The van der Waals surface area contributed by atoms with Crippen molar-refractivity contribution in [1.29, 1.82) is 0 Å². The molecule has 37 heavy (non-hydrogen) atoms. The molecule has 9 nitrogen and oxygen atoms in total. The smallest absolute Gasteiger partial charge is 0.409 e. The third-order valence-electron chi connectivity index (χ3n) is 6.25. The van der Waals surface area contributed by atoms with Crippen LogP contribution in [0, 0.1) is 26.2 Å². The van der Waals surface area contributed by atoms with Crippen LogP contribution < -0.4 is 4.80 Å². The number of fused-ring (bicyclic) bond motifs is 1. The minimum Gasteiger partial charge on any atom is -0.450 e. The van der Waals surface area contributed by atoms with Crippen molar-refractivity contribution in [3.05, 3.63) is 57.9 Å². The minimum atomic E-state index is -3.78. The minimum absolute atomic E-state index is 0.0730. The Hall–Kier alpha value is -3.46. The monoisotopic (exact) mass is 540 g/mol. The third-order valence-corrected chi connectivity index (χ3v) is 9.20. The summed E-state index contributed by atoms with van der Waals surface area (Å²) in [4.78, 5) is 31.2. The number of ether oxygens (including phenoxy) is 1. The van der Waals surface area contributed by atoms with Gasteiger partial charge in [0.15, 0.2) is 4.80 Å². The maximum absolute atomic E-state index is 13.1. The second-order valence-corrected chi connectivity index (χ2v) is 11.6. The maximum Gasteiger partial charge on any atom is 0.409 e. The van der Waals surface area contributed by atoms with Crippen molar-refractivity contribution in [3.63, 3.8) is 0 Å². The number of nitrogens with zero attached hydrogens (tertiary/aromatic N) is 4. The molecule has 2 heterocycles. The molecule has 2 amide bonds. The molecule has 11 heteroatoms. The highest BCUT2D eigenvalue weighted by molar-refractivity contribution is 7.89. The molecule has 1 fully saturated rings. The van der Waals surface area contributed by atoms with Crippen LogP contribution in [0.4, 0.5) is 4.79 Å². The molecule has 4 rings (SSSR count). The molecular formula is C26H28N4O5S2. The summed E-state index contributed by atoms with van der Waals surface area (Å²) in [5.41, 5.74) is 3.44. The predicted molar refractivity (Wildman–Crippen MR) is 142 cm³/mol. The van der Waals surface area contributed by atoms with Crippen molar-refractivity contribution in [2.75, 3.05) is 32.8 Å². The van der Waals surface area contributed by atoms with E-state index in [-0.39, 0.29) is 49.8 Å². The van der Waals surface area contributed by atoms with E-state index in [4.69, 9.17) is 11.2 Å². The van der Waals surface area contributed by atoms with E-state index < -0.39 is 22.0 Å². The number of carbonyl (C=O) groups is 2. The summed E-state index contributed by atoms with van der Waals surface area (Å²) in [5, 5.41) is 0. The first-order valence-corrected chi connectivity index (χ1v) is 14.1. The Morgan fingerprint density at radius 2 is 1.73 bits per heavy atom. The number of hydrogen-bond acceptors (Lipinski definition) is 6. The van der Waals surface area contributed by atoms with Crippen LogP contribution in [0.25, 0.3) is 10.2 Å². The molecule has 1 saturated heterocycles. The van der Waals surface area contributed by atoms with Crippen LogP contribution in [0.2, 0.25) is 0 Å². The van der Waals surface area contributed by atoms with Crippen LogP contribution >= 0.6 is 11.3 Å². The number of hydrogen-bond donors (Lipinski definition) is 0. The average molecular weight is 541 g/mol. The number of aromatic nitrogens is 1. The first kappa shape index (κ1) is 26.6. The first-order valence-electron chi connectivity index (χ1n) is 11.8. The van der Waals surface area contributed by atoms with E-state index in [0.717, 1.165) is 21.3 Å². The Morgan fingerprint density at radius 3 is 2.35 bits per heavy atom. The summed E-state index contributed by atoms with van der Waals surface area (Å²) in [5.74, 6) is 2.13. The van der Waals surface area contributed by atoms with Gasteiger partial charge in [0.25, 0.3) is 5.91 Å². The molecule has 2 aromatic carbocycles. The van der Waals surface area contributed by atoms with E-state index in [1.54, 1.807) is 6.92 Å². The zero-order valence-corrected chi connectivity index (χ0v) is 22.6. The topological polar surface area (TPSA) is 101 Å². The second-order valence-electron chi connectivity index (χ2n) is 8.61. The van der Waals surface area contributed by atoms with Gasteiger partial charge < -0.3 is 14.2 Å². The van der Waals surface area contributed by atoms with Crippen molar-refractivity contribution in [2.45, 2.75) is 32.2 Å². The molecule has 0 atom stereocenters. The van der Waals surface area contributed by atoms with Crippen LogP contribution in [0.5, 0.6) is 0 Å². The van der Waals surface area contributed by atoms with Gasteiger partial charge in [-0.05, 0) is 68.3 Å². The van der Waals surface area contributed by atoms with Crippen LogP contribution in [0.1, 0.15) is 28.4 Å². The zero-order chi connectivity index (χ0) is 26.7. The maximum atomic E-state index is 13.1. The van der Waals surface area contributed by atoms with Gasteiger partial charge in [0, 0.05) is 31.7 Å². The third kappa shape index (κ3) is 5.46. The van der Waals surface area contributed by atoms with Gasteiger partial charge in [0.2, 0.25) is 10.0 Å². The van der Waals surface area contributed by atoms with Crippen molar-refractivity contribution in [1.82, 2.24) is 13.8 Å². The molecule has 0 N–H and O–H groups in total. The molecule has 194 valence electrons. The number of thiazole rings is 1. The van der Waals surface area contributed by atoms with Gasteiger partial charge in [-0.25, -0.2) is 13.2 Å². The second kappa shape index (κ2) is 10.9. The molecule has 0 aliphatic carbocycles. The van der Waals surface area contributed by atoms with Crippen LogP contribution in [0.15, 0.2) is 46.3 Å². The standard InChI is InChI=1S/C26H28N4O5S2/c1-5-11-30-22-16-18(3)19(4)17-23(22)36-25(30)27-24(31)20-7-9-21(10-8-20)37(33,34)29-14-12-28(13-15-29)26(32)35-6-2/h1,7-10,16-17H,6,11-15H2,2-4H3. The van der Waals surface area contributed by atoms with Gasteiger partial charge >= 0.3 is 6.09 Å². The molecule has 1 aromatic heterocycles. The number of piperazine rings is 1. The van der Waals surface area contributed by atoms with Gasteiger partial charge in [-0.3, -0.25) is 4.79 Å². The zero-order valence-electron chi connectivity index (χ0n) is 20.9. The summed E-state index contributed by atoms with van der Waals surface area (Å²) >= 11 is 1.38. The average Bonchev–Trinajstić information content (AvgIpc) is 3.20. The van der Waals surface area contributed by atoms with E-state index in [9.17, 15) is 18.0 Å². The summed E-state index contributed by atoms with van der Waals surface area (Å²) < 4.78 is 35.3. The van der Waals surface area contributed by atoms with Gasteiger partial charge in [-0.1, -0.05) is 17.3 Å². The highest BCUT2D eigenvalue weighted by Crippen LogP contribution is 2.23. The molecule has 0 radical (unpaired) electrons. The number of sulfonamides is 1. The Morgan fingerprint density at radius 1 is 1.08 bits per heavy atom. The van der Waals surface area contributed by atoms with Gasteiger partial charge in [0.1, 0.15) is 0 Å². The van der Waals surface area contributed by atoms with Gasteiger partial charge in [-0.15, -0.1) is 6.42 Å². The quantitative estimate of drug-likeness (QED) is 0.463. The van der Waals surface area contributed by atoms with Crippen molar-refractivity contribution in [3.8, 4) is 12.3 Å². The number of benzene rings is 2. The van der Waals surface area contributed by atoms with Crippen molar-refractivity contribution >= 4 is 43.6 Å². The summed E-state index contributed by atoms with van der Waals surface area (Å²) in [7, 11) is -3.78. The lowest BCUT2D eigenvalue weighted by atomic mass is 10.1. The van der Waals surface area contributed by atoms with Crippen LogP contribution in [-0.2, 0) is 21.3 Å². The fraction of sp³-hybridized carbons (Fsp3) is 0.346. The fourth-order valence-corrected chi connectivity index (χ4v) is 6.58. The Labute approximate surface area is 220 Å². The molecule has 1 aliphatic rings. The number of amides is 2. The molecule has 0 saturated carbocycles. The van der Waals surface area contributed by atoms with E-state index in [2.05, 4.69) is 17.0 Å². The lowest BCUT2D eigenvalue weighted by Gasteiger charge is -2.33. The van der Waals surface area contributed by atoms with E-state index in [0.29, 0.717) is 4.80 Å². The molecule has 0 spiro atoms. The Balaban J connectivity index is 1.55. The van der Waals surface area contributed by atoms with Gasteiger partial charge in [0.05, 0.1) is 28.3 Å². The molecule has 1 aliphatic heterocycles. The van der Waals surface area contributed by atoms with E-state index >= 15 is 0 Å². The Kier molecular flexibility index (Phi) is 7.82. The molecule has 0 bridgehead atoms. The number of aryl methyl sites for hydroxylation is 2. The largest absolute Gasteiger partial charge is 0.450 e.